The Balaban J connectivity index is 2.40. The standard InChI is InChI=1S/C12H11ClF2O2/c1-17-10(16)11(6-12(14,15)7-11)8-3-2-4-9(13)5-8/h2-5H,6-7H2,1H3. The second-order valence-corrected chi connectivity index (χ2v) is 4.73. The van der Waals surface area contributed by atoms with Gasteiger partial charge in [-0.1, -0.05) is 23.7 Å². The number of methoxy groups -OCH3 is 1. The van der Waals surface area contributed by atoms with Crippen LogP contribution in [0, 0.1) is 0 Å². The molecule has 0 unspecified atom stereocenters. The van der Waals surface area contributed by atoms with Crippen LogP contribution >= 0.6 is 11.6 Å². The molecule has 2 nitrogen and oxygen atoms in total. The molecule has 0 bridgehead atoms. The van der Waals surface area contributed by atoms with Crippen LogP contribution in [0.5, 0.6) is 0 Å². The summed E-state index contributed by atoms with van der Waals surface area (Å²) in [4.78, 5) is 11.7. The van der Waals surface area contributed by atoms with E-state index in [-0.39, 0.29) is 0 Å². The highest BCUT2D eigenvalue weighted by Crippen LogP contribution is 2.54. The number of carbonyl (C=O) groups excluding carboxylic acids is 1. The Morgan fingerprint density at radius 3 is 2.53 bits per heavy atom. The topological polar surface area (TPSA) is 26.3 Å². The van der Waals surface area contributed by atoms with Crippen LogP contribution in [-0.2, 0) is 14.9 Å². The van der Waals surface area contributed by atoms with Crippen molar-refractivity contribution in [3.8, 4) is 0 Å². The van der Waals surface area contributed by atoms with E-state index in [9.17, 15) is 13.6 Å². The molecule has 17 heavy (non-hydrogen) atoms. The van der Waals surface area contributed by atoms with Gasteiger partial charge in [0.05, 0.1) is 7.11 Å². The van der Waals surface area contributed by atoms with Gasteiger partial charge in [-0.05, 0) is 17.7 Å². The van der Waals surface area contributed by atoms with Crippen molar-refractivity contribution in [3.63, 3.8) is 0 Å². The molecule has 0 atom stereocenters. The molecule has 1 aliphatic rings. The minimum absolute atomic E-state index is 0.418. The molecule has 92 valence electrons. The van der Waals surface area contributed by atoms with E-state index in [0.717, 1.165) is 0 Å². The summed E-state index contributed by atoms with van der Waals surface area (Å²) in [6.45, 7) is 0. The fourth-order valence-electron chi connectivity index (χ4n) is 2.28. The zero-order valence-electron chi connectivity index (χ0n) is 9.17. The van der Waals surface area contributed by atoms with Gasteiger partial charge >= 0.3 is 5.97 Å². The van der Waals surface area contributed by atoms with Crippen LogP contribution in [0.3, 0.4) is 0 Å². The molecule has 0 spiro atoms. The van der Waals surface area contributed by atoms with Crippen molar-refractivity contribution in [1.82, 2.24) is 0 Å². The number of ether oxygens (including phenoxy) is 1. The number of halogens is 3. The molecule has 0 N–H and O–H groups in total. The van der Waals surface area contributed by atoms with Crippen molar-refractivity contribution in [1.29, 1.82) is 0 Å². The molecule has 5 heteroatoms. The van der Waals surface area contributed by atoms with E-state index in [1.807, 2.05) is 0 Å². The summed E-state index contributed by atoms with van der Waals surface area (Å²) in [5, 5.41) is 0.418. The number of hydrogen-bond donors (Lipinski definition) is 0. The average molecular weight is 261 g/mol. The number of carbonyl (C=O) groups is 1. The second kappa shape index (κ2) is 3.95. The summed E-state index contributed by atoms with van der Waals surface area (Å²) in [6, 6.07) is 6.43. The lowest BCUT2D eigenvalue weighted by atomic mass is 9.62. The number of benzene rings is 1. The first-order chi connectivity index (χ1) is 7.89. The van der Waals surface area contributed by atoms with Gasteiger partial charge in [0.15, 0.2) is 0 Å². The normalized spacial score (nSPS) is 20.5. The first kappa shape index (κ1) is 12.3. The molecule has 2 rings (SSSR count). The van der Waals surface area contributed by atoms with E-state index >= 15 is 0 Å². The highest BCUT2D eigenvalue weighted by Gasteiger charge is 2.62. The fraction of sp³-hybridized carbons (Fsp3) is 0.417. The molecule has 0 amide bonds. The third-order valence-electron chi connectivity index (χ3n) is 3.07. The fourth-order valence-corrected chi connectivity index (χ4v) is 2.47. The summed E-state index contributed by atoms with van der Waals surface area (Å²) in [7, 11) is 1.20. The van der Waals surface area contributed by atoms with E-state index in [1.54, 1.807) is 18.2 Å². The van der Waals surface area contributed by atoms with Crippen LogP contribution in [0.1, 0.15) is 18.4 Å². The second-order valence-electron chi connectivity index (χ2n) is 4.29. The molecule has 0 aliphatic heterocycles. The van der Waals surface area contributed by atoms with E-state index in [4.69, 9.17) is 11.6 Å². The highest BCUT2D eigenvalue weighted by molar-refractivity contribution is 6.30. The third kappa shape index (κ3) is 2.02. The highest BCUT2D eigenvalue weighted by atomic mass is 35.5. The summed E-state index contributed by atoms with van der Waals surface area (Å²) >= 11 is 5.81. The maximum atomic E-state index is 13.1. The van der Waals surface area contributed by atoms with Gasteiger partial charge in [0, 0.05) is 17.9 Å². The first-order valence-corrected chi connectivity index (χ1v) is 5.50. The molecule has 1 saturated carbocycles. The van der Waals surface area contributed by atoms with Gasteiger partial charge < -0.3 is 4.74 Å². The molecule has 1 aromatic carbocycles. The molecule has 0 heterocycles. The van der Waals surface area contributed by atoms with Gasteiger partial charge in [0.1, 0.15) is 5.41 Å². The largest absolute Gasteiger partial charge is 0.468 e. The quantitative estimate of drug-likeness (QED) is 0.764. The Labute approximate surface area is 103 Å². The van der Waals surface area contributed by atoms with Crippen molar-refractivity contribution in [3.05, 3.63) is 34.9 Å². The number of rotatable bonds is 2. The number of alkyl halides is 2. The van der Waals surface area contributed by atoms with E-state index in [1.165, 1.54) is 13.2 Å². The first-order valence-electron chi connectivity index (χ1n) is 5.12. The van der Waals surface area contributed by atoms with Gasteiger partial charge in [-0.25, -0.2) is 8.78 Å². The molecular weight excluding hydrogens is 250 g/mol. The zero-order chi connectivity index (χ0) is 12.7. The van der Waals surface area contributed by atoms with Crippen molar-refractivity contribution >= 4 is 17.6 Å². The van der Waals surface area contributed by atoms with Crippen LogP contribution in [0.2, 0.25) is 5.02 Å². The Kier molecular flexibility index (Phi) is 2.86. The zero-order valence-corrected chi connectivity index (χ0v) is 9.93. The minimum Gasteiger partial charge on any atom is -0.468 e. The molecule has 0 aromatic heterocycles. The van der Waals surface area contributed by atoms with Gasteiger partial charge in [-0.3, -0.25) is 4.79 Å². The minimum atomic E-state index is -2.81. The predicted octanol–water partition coefficient (Wildman–Crippen LogP) is 3.18. The van der Waals surface area contributed by atoms with E-state index in [0.29, 0.717) is 10.6 Å². The Morgan fingerprint density at radius 1 is 1.41 bits per heavy atom. The van der Waals surface area contributed by atoms with Gasteiger partial charge in [-0.15, -0.1) is 0 Å². The summed E-state index contributed by atoms with van der Waals surface area (Å²) in [5.74, 6) is -3.44. The van der Waals surface area contributed by atoms with E-state index in [2.05, 4.69) is 4.74 Å². The number of esters is 1. The molecule has 1 aromatic rings. The van der Waals surface area contributed by atoms with Crippen molar-refractivity contribution in [2.24, 2.45) is 0 Å². The van der Waals surface area contributed by atoms with Crippen molar-refractivity contribution in [2.45, 2.75) is 24.2 Å². The van der Waals surface area contributed by atoms with Crippen LogP contribution in [0.25, 0.3) is 0 Å². The Bertz CT molecular complexity index is 452. The SMILES string of the molecule is COC(=O)C1(c2cccc(Cl)c2)CC(F)(F)C1. The van der Waals surface area contributed by atoms with Crippen molar-refractivity contribution in [2.75, 3.05) is 7.11 Å². The maximum Gasteiger partial charge on any atom is 0.316 e. The van der Waals surface area contributed by atoms with Crippen molar-refractivity contribution < 1.29 is 18.3 Å². The molecule has 0 radical (unpaired) electrons. The lowest BCUT2D eigenvalue weighted by Gasteiger charge is -2.45. The van der Waals surface area contributed by atoms with Crippen LogP contribution in [0.4, 0.5) is 8.78 Å². The molecular formula is C12H11ClF2O2. The van der Waals surface area contributed by atoms with Crippen LogP contribution in [0.15, 0.2) is 24.3 Å². The Hall–Kier alpha value is -1.16. The Morgan fingerprint density at radius 2 is 2.06 bits per heavy atom. The van der Waals surface area contributed by atoms with Gasteiger partial charge in [0.25, 0.3) is 5.92 Å². The summed E-state index contributed by atoms with van der Waals surface area (Å²) in [5.41, 5.74) is -0.758. The van der Waals surface area contributed by atoms with Gasteiger partial charge in [-0.2, -0.15) is 0 Å². The third-order valence-corrected chi connectivity index (χ3v) is 3.31. The number of hydrogen-bond acceptors (Lipinski definition) is 2. The lowest BCUT2D eigenvalue weighted by Crippen LogP contribution is -2.54. The summed E-state index contributed by atoms with van der Waals surface area (Å²) in [6.07, 6.45) is -1.04. The average Bonchev–Trinajstić information content (AvgIpc) is 2.24. The smallest absolute Gasteiger partial charge is 0.316 e. The lowest BCUT2D eigenvalue weighted by molar-refractivity contribution is -0.177. The maximum absolute atomic E-state index is 13.1. The summed E-state index contributed by atoms with van der Waals surface area (Å²) < 4.78 is 30.8. The van der Waals surface area contributed by atoms with Gasteiger partial charge in [0.2, 0.25) is 0 Å². The van der Waals surface area contributed by atoms with Crippen LogP contribution < -0.4 is 0 Å². The van der Waals surface area contributed by atoms with Crippen LogP contribution in [-0.4, -0.2) is 19.0 Å². The molecule has 1 fully saturated rings. The predicted molar refractivity (Wildman–Crippen MR) is 59.3 cm³/mol. The van der Waals surface area contributed by atoms with E-state index < -0.39 is 30.1 Å². The monoisotopic (exact) mass is 260 g/mol. The molecule has 0 saturated heterocycles. The molecule has 1 aliphatic carbocycles.